The number of nitrogens with one attached hydrogen (secondary N) is 1. The number of carbonyl (C=O) groups is 2. The highest BCUT2D eigenvalue weighted by Crippen LogP contribution is 1.98. The minimum absolute atomic E-state index is 0.205. The van der Waals surface area contributed by atoms with Gasteiger partial charge in [0.2, 0.25) is 11.8 Å². The number of carbonyl (C=O) groups excluding carboxylic acids is 2. The quantitative estimate of drug-likeness (QED) is 0.467. The number of nitrogens with zero attached hydrogens (tertiary/aromatic N) is 1. The van der Waals surface area contributed by atoms with Gasteiger partial charge in [0, 0.05) is 6.54 Å². The Hall–Kier alpha value is -0.360. The van der Waals surface area contributed by atoms with Crippen LogP contribution in [0, 0.1) is 0 Å². The van der Waals surface area contributed by atoms with E-state index >= 15 is 0 Å². The van der Waals surface area contributed by atoms with Gasteiger partial charge in [-0.1, -0.05) is 0 Å². The average Bonchev–Trinajstić information content (AvgIpc) is 2.36. The molecule has 0 aliphatic heterocycles. The van der Waals surface area contributed by atoms with Crippen molar-refractivity contribution in [3.63, 3.8) is 0 Å². The lowest BCUT2D eigenvalue weighted by Gasteiger charge is -2.18. The van der Waals surface area contributed by atoms with Crippen molar-refractivity contribution in [2.45, 2.75) is 12.8 Å². The van der Waals surface area contributed by atoms with Crippen molar-refractivity contribution in [3.05, 3.63) is 0 Å². The number of amides is 2. The van der Waals surface area contributed by atoms with E-state index in [4.69, 9.17) is 28.9 Å². The van der Waals surface area contributed by atoms with E-state index in [1.54, 1.807) is 0 Å². The molecule has 0 fully saturated rings. The molecule has 5 nitrogen and oxygen atoms in total. The largest absolute Gasteiger partial charge is 0.330 e. The summed E-state index contributed by atoms with van der Waals surface area (Å²) in [5.41, 5.74) is 5.34. The fraction of sp³-hybridized carbons (Fsp3) is 0.800. The lowest BCUT2D eigenvalue weighted by Crippen LogP contribution is -2.40. The van der Waals surface area contributed by atoms with Gasteiger partial charge in [-0.05, 0) is 32.5 Å². The summed E-state index contributed by atoms with van der Waals surface area (Å²) in [6, 6.07) is 0. The van der Waals surface area contributed by atoms with Gasteiger partial charge in [-0.15, -0.1) is 23.2 Å². The van der Waals surface area contributed by atoms with Crippen molar-refractivity contribution in [1.82, 2.24) is 10.2 Å². The third kappa shape index (κ3) is 7.54. The molecule has 0 unspecified atom stereocenters. The molecule has 0 atom stereocenters. The van der Waals surface area contributed by atoms with Crippen LogP contribution in [0.5, 0.6) is 0 Å². The monoisotopic (exact) mass is 283 g/mol. The van der Waals surface area contributed by atoms with Crippen molar-refractivity contribution >= 4 is 35.0 Å². The lowest BCUT2D eigenvalue weighted by molar-refractivity contribution is -0.141. The van der Waals surface area contributed by atoms with Crippen LogP contribution in [0.4, 0.5) is 0 Å². The molecule has 0 rings (SSSR count). The van der Waals surface area contributed by atoms with E-state index in [1.807, 2.05) is 0 Å². The van der Waals surface area contributed by atoms with Crippen LogP contribution in [0.25, 0.3) is 0 Å². The molecule has 0 heterocycles. The highest BCUT2D eigenvalue weighted by molar-refractivity contribution is 6.31. The second-order valence-corrected chi connectivity index (χ2v) is 3.99. The van der Waals surface area contributed by atoms with Gasteiger partial charge >= 0.3 is 0 Å². The molecule has 0 bridgehead atoms. The molecule has 0 aliphatic rings. The van der Waals surface area contributed by atoms with Gasteiger partial charge in [-0.25, -0.2) is 0 Å². The van der Waals surface area contributed by atoms with Gasteiger partial charge in [-0.3, -0.25) is 14.5 Å². The summed E-state index contributed by atoms with van der Waals surface area (Å²) < 4.78 is 0. The van der Waals surface area contributed by atoms with Gasteiger partial charge in [0.1, 0.15) is 11.8 Å². The summed E-state index contributed by atoms with van der Waals surface area (Å²) in [5.74, 6) is -1.22. The van der Waals surface area contributed by atoms with Gasteiger partial charge in [-0.2, -0.15) is 0 Å². The second-order valence-electron chi connectivity index (χ2n) is 3.45. The molecule has 100 valence electrons. The molecule has 2 amide bonds. The minimum atomic E-state index is -0.403. The van der Waals surface area contributed by atoms with Crippen LogP contribution in [-0.2, 0) is 9.59 Å². The summed E-state index contributed by atoms with van der Waals surface area (Å²) in [6.07, 6.45) is 1.58. The standard InChI is InChI=1S/C10H19Cl2N3O2/c11-7-9(16)15(10(17)8-12)6-2-5-14-4-1-3-13/h14H,1-8,13H2. The maximum Gasteiger partial charge on any atom is 0.244 e. The summed E-state index contributed by atoms with van der Waals surface area (Å²) in [7, 11) is 0. The topological polar surface area (TPSA) is 75.4 Å². The average molecular weight is 284 g/mol. The molecule has 3 N–H and O–H groups in total. The van der Waals surface area contributed by atoms with E-state index in [-0.39, 0.29) is 11.8 Å². The van der Waals surface area contributed by atoms with Crippen molar-refractivity contribution in [2.75, 3.05) is 37.9 Å². The smallest absolute Gasteiger partial charge is 0.244 e. The van der Waals surface area contributed by atoms with Gasteiger partial charge in [0.15, 0.2) is 0 Å². The summed E-state index contributed by atoms with van der Waals surface area (Å²) >= 11 is 10.8. The molecule has 0 aromatic rings. The van der Waals surface area contributed by atoms with Crippen LogP contribution >= 0.6 is 23.2 Å². The predicted molar refractivity (Wildman–Crippen MR) is 69.3 cm³/mol. The number of hydrogen-bond acceptors (Lipinski definition) is 4. The molecule has 0 saturated heterocycles. The van der Waals surface area contributed by atoms with Crippen LogP contribution in [0.3, 0.4) is 0 Å². The highest BCUT2D eigenvalue weighted by atomic mass is 35.5. The first-order valence-corrected chi connectivity index (χ1v) is 6.60. The third-order valence-corrected chi connectivity index (χ3v) is 2.58. The minimum Gasteiger partial charge on any atom is -0.330 e. The molecule has 0 aromatic carbocycles. The maximum absolute atomic E-state index is 11.4. The Balaban J connectivity index is 3.85. The Morgan fingerprint density at radius 1 is 1.06 bits per heavy atom. The number of alkyl halides is 2. The number of hydrogen-bond donors (Lipinski definition) is 2. The zero-order chi connectivity index (χ0) is 13.1. The SMILES string of the molecule is NCCCNCCCN(C(=O)CCl)C(=O)CCl. The molecule has 0 aromatic heterocycles. The molecule has 17 heavy (non-hydrogen) atoms. The van der Waals surface area contributed by atoms with Crippen LogP contribution in [0.2, 0.25) is 0 Å². The molecule has 0 spiro atoms. The summed E-state index contributed by atoms with van der Waals surface area (Å²) in [4.78, 5) is 23.8. The Morgan fingerprint density at radius 3 is 2.06 bits per heavy atom. The van der Waals surface area contributed by atoms with E-state index in [2.05, 4.69) is 5.32 Å². The number of halogens is 2. The molecule has 0 aliphatic carbocycles. The molecule has 0 saturated carbocycles. The van der Waals surface area contributed by atoms with E-state index in [1.165, 1.54) is 0 Å². The Morgan fingerprint density at radius 2 is 1.59 bits per heavy atom. The first-order chi connectivity index (χ1) is 8.17. The maximum atomic E-state index is 11.4. The Labute approximate surface area is 112 Å². The van der Waals surface area contributed by atoms with E-state index in [0.717, 1.165) is 24.4 Å². The van der Waals surface area contributed by atoms with Gasteiger partial charge < -0.3 is 11.1 Å². The van der Waals surface area contributed by atoms with E-state index in [9.17, 15) is 9.59 Å². The fourth-order valence-electron chi connectivity index (χ4n) is 1.25. The van der Waals surface area contributed by atoms with Crippen molar-refractivity contribution in [3.8, 4) is 0 Å². The van der Waals surface area contributed by atoms with Gasteiger partial charge in [0.05, 0.1) is 0 Å². The Kier molecular flexibility index (Phi) is 10.5. The molecular formula is C10H19Cl2N3O2. The number of imide groups is 1. The summed E-state index contributed by atoms with van der Waals surface area (Å²) in [6.45, 7) is 2.55. The fourth-order valence-corrected chi connectivity index (χ4v) is 1.54. The van der Waals surface area contributed by atoms with E-state index in [0.29, 0.717) is 19.5 Å². The molecule has 0 radical (unpaired) electrons. The van der Waals surface area contributed by atoms with E-state index < -0.39 is 11.8 Å². The van der Waals surface area contributed by atoms with Crippen LogP contribution < -0.4 is 11.1 Å². The second kappa shape index (κ2) is 10.8. The zero-order valence-electron chi connectivity index (χ0n) is 9.75. The van der Waals surface area contributed by atoms with Crippen LogP contribution in [0.1, 0.15) is 12.8 Å². The first kappa shape index (κ1) is 16.6. The lowest BCUT2D eigenvalue weighted by atomic mass is 10.3. The zero-order valence-corrected chi connectivity index (χ0v) is 11.3. The normalized spacial score (nSPS) is 10.3. The first-order valence-electron chi connectivity index (χ1n) is 5.53. The number of rotatable bonds is 9. The predicted octanol–water partition coefficient (Wildman–Crippen LogP) is 0.148. The van der Waals surface area contributed by atoms with Crippen molar-refractivity contribution in [2.24, 2.45) is 5.73 Å². The summed E-state index contributed by atoms with van der Waals surface area (Å²) in [5, 5.41) is 3.16. The third-order valence-electron chi connectivity index (χ3n) is 2.12. The Bertz CT molecular complexity index is 224. The van der Waals surface area contributed by atoms with Crippen molar-refractivity contribution in [1.29, 1.82) is 0 Å². The van der Waals surface area contributed by atoms with Gasteiger partial charge in [0.25, 0.3) is 0 Å². The van der Waals surface area contributed by atoms with Crippen molar-refractivity contribution < 1.29 is 9.59 Å². The molecular weight excluding hydrogens is 265 g/mol. The van der Waals surface area contributed by atoms with Crippen LogP contribution in [0.15, 0.2) is 0 Å². The number of nitrogens with two attached hydrogens (primary N) is 1. The molecule has 7 heteroatoms. The highest BCUT2D eigenvalue weighted by Gasteiger charge is 2.18. The van der Waals surface area contributed by atoms with Crippen LogP contribution in [-0.4, -0.2) is 54.7 Å².